The fourth-order valence-electron chi connectivity index (χ4n) is 2.81. The van der Waals surface area contributed by atoms with E-state index in [1.165, 1.54) is 11.8 Å². The number of amides is 1. The zero-order valence-electron chi connectivity index (χ0n) is 15.3. The summed E-state index contributed by atoms with van der Waals surface area (Å²) in [6.07, 6.45) is 0. The van der Waals surface area contributed by atoms with Crippen molar-refractivity contribution in [2.45, 2.75) is 5.16 Å². The van der Waals surface area contributed by atoms with Crippen molar-refractivity contribution in [2.24, 2.45) is 0 Å². The third-order valence-corrected chi connectivity index (χ3v) is 5.32. The highest BCUT2D eigenvalue weighted by molar-refractivity contribution is 7.99. The van der Waals surface area contributed by atoms with Crippen LogP contribution in [0.5, 0.6) is 0 Å². The number of nitrogens with zero attached hydrogens (tertiary/aromatic N) is 3. The molecule has 0 aliphatic rings. The molecule has 1 aromatic heterocycles. The Balaban J connectivity index is 1.56. The molecule has 0 bridgehead atoms. The first-order valence-electron chi connectivity index (χ1n) is 8.95. The molecular formula is C22H17ClN4OS. The lowest BCUT2D eigenvalue weighted by molar-refractivity contribution is -0.113. The molecule has 0 spiro atoms. The minimum absolute atomic E-state index is 0.124. The van der Waals surface area contributed by atoms with Crippen LogP contribution in [0.15, 0.2) is 90.1 Å². The third-order valence-electron chi connectivity index (χ3n) is 4.14. The number of anilines is 1. The number of benzene rings is 3. The summed E-state index contributed by atoms with van der Waals surface area (Å²) in [4.78, 5) is 12.4. The van der Waals surface area contributed by atoms with Crippen molar-refractivity contribution in [1.29, 1.82) is 0 Å². The molecule has 3 aromatic carbocycles. The molecule has 0 radical (unpaired) electrons. The molecule has 144 valence electrons. The normalized spacial score (nSPS) is 10.7. The van der Waals surface area contributed by atoms with E-state index in [0.717, 1.165) is 17.1 Å². The van der Waals surface area contributed by atoms with E-state index in [9.17, 15) is 4.79 Å². The van der Waals surface area contributed by atoms with Gasteiger partial charge in [0.1, 0.15) is 0 Å². The van der Waals surface area contributed by atoms with Crippen LogP contribution in [0.2, 0.25) is 5.02 Å². The summed E-state index contributed by atoms with van der Waals surface area (Å²) in [7, 11) is 0. The van der Waals surface area contributed by atoms with Gasteiger partial charge < -0.3 is 5.32 Å². The largest absolute Gasteiger partial charge is 0.325 e. The molecule has 7 heteroatoms. The molecule has 5 nitrogen and oxygen atoms in total. The number of carbonyl (C=O) groups excluding carboxylic acids is 1. The Labute approximate surface area is 177 Å². The minimum atomic E-state index is -0.124. The van der Waals surface area contributed by atoms with E-state index >= 15 is 0 Å². The maximum absolute atomic E-state index is 12.4. The Morgan fingerprint density at radius 2 is 1.55 bits per heavy atom. The molecule has 29 heavy (non-hydrogen) atoms. The molecule has 4 aromatic rings. The second-order valence-electron chi connectivity index (χ2n) is 6.19. The first kappa shape index (κ1) is 19.2. The van der Waals surface area contributed by atoms with Crippen molar-refractivity contribution in [2.75, 3.05) is 11.1 Å². The zero-order chi connectivity index (χ0) is 20.1. The van der Waals surface area contributed by atoms with Gasteiger partial charge in [0, 0.05) is 22.0 Å². The molecule has 1 N–H and O–H groups in total. The van der Waals surface area contributed by atoms with Crippen molar-refractivity contribution in [3.63, 3.8) is 0 Å². The van der Waals surface area contributed by atoms with E-state index in [-0.39, 0.29) is 11.7 Å². The fraction of sp³-hybridized carbons (Fsp3) is 0.0455. The smallest absolute Gasteiger partial charge is 0.234 e. The molecule has 0 aliphatic carbocycles. The highest BCUT2D eigenvalue weighted by Gasteiger charge is 2.17. The lowest BCUT2D eigenvalue weighted by Crippen LogP contribution is -2.14. The number of hydrogen-bond donors (Lipinski definition) is 1. The van der Waals surface area contributed by atoms with Gasteiger partial charge in [-0.25, -0.2) is 0 Å². The van der Waals surface area contributed by atoms with Gasteiger partial charge in [-0.2, -0.15) is 0 Å². The zero-order valence-corrected chi connectivity index (χ0v) is 16.9. The van der Waals surface area contributed by atoms with Crippen LogP contribution in [-0.2, 0) is 4.79 Å². The third kappa shape index (κ3) is 4.67. The van der Waals surface area contributed by atoms with Gasteiger partial charge in [0.25, 0.3) is 0 Å². The Bertz CT molecular complexity index is 1100. The summed E-state index contributed by atoms with van der Waals surface area (Å²) in [5, 5.41) is 12.9. The summed E-state index contributed by atoms with van der Waals surface area (Å²) < 4.78 is 1.97. The van der Waals surface area contributed by atoms with Crippen LogP contribution in [0.3, 0.4) is 0 Å². The van der Waals surface area contributed by atoms with Gasteiger partial charge in [-0.1, -0.05) is 71.9 Å². The summed E-state index contributed by atoms with van der Waals surface area (Å²) in [5.41, 5.74) is 2.60. The standard InChI is InChI=1S/C22H17ClN4OS/c23-17-11-13-18(14-12-17)24-20(28)15-29-22-26-25-21(16-7-3-1-4-8-16)27(22)19-9-5-2-6-10-19/h1-14H,15H2,(H,24,28). The van der Waals surface area contributed by atoms with E-state index < -0.39 is 0 Å². The minimum Gasteiger partial charge on any atom is -0.325 e. The summed E-state index contributed by atoms with van der Waals surface area (Å²) in [6.45, 7) is 0. The lowest BCUT2D eigenvalue weighted by atomic mass is 10.2. The Morgan fingerprint density at radius 1 is 0.897 bits per heavy atom. The van der Waals surface area contributed by atoms with Gasteiger partial charge in [-0.05, 0) is 36.4 Å². The number of carbonyl (C=O) groups is 1. The number of hydrogen-bond acceptors (Lipinski definition) is 4. The molecule has 0 atom stereocenters. The second kappa shape index (κ2) is 8.94. The maximum Gasteiger partial charge on any atom is 0.234 e. The molecule has 4 rings (SSSR count). The summed E-state index contributed by atoms with van der Waals surface area (Å²) >= 11 is 7.22. The predicted molar refractivity (Wildman–Crippen MR) is 118 cm³/mol. The van der Waals surface area contributed by atoms with E-state index in [1.54, 1.807) is 24.3 Å². The van der Waals surface area contributed by atoms with Gasteiger partial charge in [0.05, 0.1) is 5.75 Å². The van der Waals surface area contributed by atoms with Crippen LogP contribution < -0.4 is 5.32 Å². The predicted octanol–water partition coefficient (Wildman–Crippen LogP) is 5.32. The average Bonchev–Trinajstić information content (AvgIpc) is 3.19. The van der Waals surface area contributed by atoms with Crippen molar-refractivity contribution in [1.82, 2.24) is 14.8 Å². The number of para-hydroxylation sites is 1. The SMILES string of the molecule is O=C(CSc1nnc(-c2ccccc2)n1-c1ccccc1)Nc1ccc(Cl)cc1. The highest BCUT2D eigenvalue weighted by Crippen LogP contribution is 2.28. The van der Waals surface area contributed by atoms with Crippen LogP contribution in [0.4, 0.5) is 5.69 Å². The van der Waals surface area contributed by atoms with Gasteiger partial charge in [0.2, 0.25) is 5.91 Å². The number of nitrogens with one attached hydrogen (secondary N) is 1. The monoisotopic (exact) mass is 420 g/mol. The first-order chi connectivity index (χ1) is 14.2. The van der Waals surface area contributed by atoms with Crippen molar-refractivity contribution in [3.8, 4) is 17.1 Å². The van der Waals surface area contributed by atoms with Crippen LogP contribution >= 0.6 is 23.4 Å². The Hall–Kier alpha value is -3.09. The quantitative estimate of drug-likeness (QED) is 0.429. The molecule has 1 amide bonds. The molecule has 0 fully saturated rings. The molecule has 0 unspecified atom stereocenters. The maximum atomic E-state index is 12.4. The van der Waals surface area contributed by atoms with E-state index in [0.29, 0.717) is 15.9 Å². The van der Waals surface area contributed by atoms with E-state index in [2.05, 4.69) is 15.5 Å². The molecule has 1 heterocycles. The number of rotatable bonds is 6. The number of halogens is 1. The summed E-state index contributed by atoms with van der Waals surface area (Å²) in [5.74, 6) is 0.821. The topological polar surface area (TPSA) is 59.8 Å². The van der Waals surface area contributed by atoms with Crippen molar-refractivity contribution < 1.29 is 4.79 Å². The molecule has 0 aliphatic heterocycles. The van der Waals surface area contributed by atoms with Gasteiger partial charge in [0.15, 0.2) is 11.0 Å². The lowest BCUT2D eigenvalue weighted by Gasteiger charge is -2.10. The van der Waals surface area contributed by atoms with Gasteiger partial charge >= 0.3 is 0 Å². The number of aromatic nitrogens is 3. The average molecular weight is 421 g/mol. The second-order valence-corrected chi connectivity index (χ2v) is 7.57. The molecular weight excluding hydrogens is 404 g/mol. The highest BCUT2D eigenvalue weighted by atomic mass is 35.5. The van der Waals surface area contributed by atoms with Crippen molar-refractivity contribution in [3.05, 3.63) is 90.0 Å². The van der Waals surface area contributed by atoms with Crippen LogP contribution in [0, 0.1) is 0 Å². The van der Waals surface area contributed by atoms with Crippen LogP contribution in [0.25, 0.3) is 17.1 Å². The Kier molecular flexibility index (Phi) is 5.93. The number of thioether (sulfide) groups is 1. The van der Waals surface area contributed by atoms with E-state index in [4.69, 9.17) is 11.6 Å². The van der Waals surface area contributed by atoms with Crippen LogP contribution in [-0.4, -0.2) is 26.4 Å². The fourth-order valence-corrected chi connectivity index (χ4v) is 3.69. The van der Waals surface area contributed by atoms with Gasteiger partial charge in [-0.3, -0.25) is 9.36 Å². The van der Waals surface area contributed by atoms with Crippen molar-refractivity contribution >= 4 is 35.0 Å². The van der Waals surface area contributed by atoms with Crippen LogP contribution in [0.1, 0.15) is 0 Å². The van der Waals surface area contributed by atoms with E-state index in [1.807, 2.05) is 65.2 Å². The first-order valence-corrected chi connectivity index (χ1v) is 10.3. The molecule has 0 saturated carbocycles. The summed E-state index contributed by atoms with van der Waals surface area (Å²) in [6, 6.07) is 26.8. The Morgan fingerprint density at radius 3 is 2.24 bits per heavy atom. The van der Waals surface area contributed by atoms with Gasteiger partial charge in [-0.15, -0.1) is 10.2 Å². The molecule has 0 saturated heterocycles.